The van der Waals surface area contributed by atoms with Crippen molar-refractivity contribution >= 4 is 28.6 Å². The van der Waals surface area contributed by atoms with Crippen LogP contribution >= 0.6 is 0 Å². The van der Waals surface area contributed by atoms with E-state index in [1.807, 2.05) is 54.6 Å². The number of Topliss-reactive ketones (excluding diaryl/α,β-unsaturated/α-hetero) is 1. The van der Waals surface area contributed by atoms with Gasteiger partial charge in [-0.1, -0.05) is 56.3 Å². The van der Waals surface area contributed by atoms with Crippen LogP contribution in [0, 0.1) is 5.92 Å². The van der Waals surface area contributed by atoms with Gasteiger partial charge < -0.3 is 19.5 Å². The number of benzene rings is 2. The SMILES string of the molecule is CNc1ncc(-c2ccccc2)n(CC(=O)N[C@H](C(=O)c2nnc(C(C)(C)c3nc4ccccc4o3)o2)C(C)C)c1=O. The lowest BCUT2D eigenvalue weighted by atomic mass is 9.93. The number of fused-ring (bicyclic) bond motifs is 1. The van der Waals surface area contributed by atoms with Crippen LogP contribution in [0.5, 0.6) is 0 Å². The lowest BCUT2D eigenvalue weighted by Gasteiger charge is -2.21. The van der Waals surface area contributed by atoms with Crippen molar-refractivity contribution in [1.82, 2.24) is 30.0 Å². The number of hydrogen-bond acceptors (Lipinski definition) is 10. The predicted molar refractivity (Wildman–Crippen MR) is 155 cm³/mol. The van der Waals surface area contributed by atoms with Crippen LogP contribution in [0.25, 0.3) is 22.4 Å². The quantitative estimate of drug-likeness (QED) is 0.237. The second-order valence-corrected chi connectivity index (χ2v) is 10.7. The maximum Gasteiger partial charge on any atom is 0.294 e. The van der Waals surface area contributed by atoms with Gasteiger partial charge in [-0.25, -0.2) is 9.97 Å². The van der Waals surface area contributed by atoms with Crippen LogP contribution in [-0.2, 0) is 16.8 Å². The summed E-state index contributed by atoms with van der Waals surface area (Å²) in [5.41, 5.74) is 1.08. The van der Waals surface area contributed by atoms with Gasteiger partial charge in [0.05, 0.1) is 17.9 Å². The Morgan fingerprint density at radius 1 is 0.976 bits per heavy atom. The molecule has 0 radical (unpaired) electrons. The molecule has 0 aliphatic carbocycles. The summed E-state index contributed by atoms with van der Waals surface area (Å²) in [6.07, 6.45) is 1.53. The molecule has 0 bridgehead atoms. The average molecular weight is 570 g/mol. The number of anilines is 1. The number of carbonyl (C=O) groups is 2. The number of carbonyl (C=O) groups excluding carboxylic acids is 2. The zero-order valence-electron chi connectivity index (χ0n) is 23.9. The molecule has 0 saturated heterocycles. The summed E-state index contributed by atoms with van der Waals surface area (Å²) in [7, 11) is 1.58. The maximum absolute atomic E-state index is 13.5. The Morgan fingerprint density at radius 3 is 2.38 bits per heavy atom. The summed E-state index contributed by atoms with van der Waals surface area (Å²) in [5.74, 6) is -1.07. The van der Waals surface area contributed by atoms with E-state index in [0.717, 1.165) is 0 Å². The highest BCUT2D eigenvalue weighted by atomic mass is 16.4. The molecule has 12 heteroatoms. The minimum absolute atomic E-state index is 0.0962. The Hall–Kier alpha value is -5.13. The van der Waals surface area contributed by atoms with Crippen molar-refractivity contribution in [2.45, 2.75) is 45.7 Å². The number of amides is 1. The van der Waals surface area contributed by atoms with Gasteiger partial charge >= 0.3 is 0 Å². The van der Waals surface area contributed by atoms with E-state index in [9.17, 15) is 14.4 Å². The van der Waals surface area contributed by atoms with Crippen LogP contribution in [0.15, 0.2) is 74.4 Å². The molecule has 1 amide bonds. The topological polar surface area (TPSA) is 158 Å². The van der Waals surface area contributed by atoms with Crippen LogP contribution in [0.4, 0.5) is 5.82 Å². The van der Waals surface area contributed by atoms with Crippen molar-refractivity contribution in [2.24, 2.45) is 5.92 Å². The molecule has 5 rings (SSSR count). The van der Waals surface area contributed by atoms with Crippen molar-refractivity contribution in [2.75, 3.05) is 12.4 Å². The predicted octanol–water partition coefficient (Wildman–Crippen LogP) is 3.83. The molecule has 5 aromatic rings. The van der Waals surface area contributed by atoms with Crippen LogP contribution in [0.3, 0.4) is 0 Å². The summed E-state index contributed by atoms with van der Waals surface area (Å²) in [6, 6.07) is 15.5. The molecule has 3 aromatic heterocycles. The van der Waals surface area contributed by atoms with Gasteiger partial charge in [-0.3, -0.25) is 19.0 Å². The largest absolute Gasteiger partial charge is 0.440 e. The van der Waals surface area contributed by atoms with Gasteiger partial charge in [0, 0.05) is 7.05 Å². The fourth-order valence-corrected chi connectivity index (χ4v) is 4.49. The van der Waals surface area contributed by atoms with Gasteiger partial charge in [-0.2, -0.15) is 0 Å². The molecule has 216 valence electrons. The number of nitrogens with zero attached hydrogens (tertiary/aromatic N) is 5. The normalized spacial score (nSPS) is 12.4. The van der Waals surface area contributed by atoms with Crippen molar-refractivity contribution in [3.05, 3.63) is 88.8 Å². The summed E-state index contributed by atoms with van der Waals surface area (Å²) in [4.78, 5) is 48.6. The van der Waals surface area contributed by atoms with Gasteiger partial charge in [-0.05, 0) is 37.5 Å². The Morgan fingerprint density at radius 2 is 1.69 bits per heavy atom. The molecule has 0 fully saturated rings. The van der Waals surface area contributed by atoms with Crippen LogP contribution < -0.4 is 16.2 Å². The first-order valence-corrected chi connectivity index (χ1v) is 13.5. The second kappa shape index (κ2) is 11.4. The third-order valence-corrected chi connectivity index (χ3v) is 6.93. The molecule has 12 nitrogen and oxygen atoms in total. The van der Waals surface area contributed by atoms with E-state index < -0.39 is 28.7 Å². The first-order chi connectivity index (χ1) is 20.1. The molecule has 0 aliphatic heterocycles. The van der Waals surface area contributed by atoms with E-state index >= 15 is 0 Å². The van der Waals surface area contributed by atoms with Crippen molar-refractivity contribution in [3.8, 4) is 11.3 Å². The third kappa shape index (κ3) is 5.42. The molecule has 2 N–H and O–H groups in total. The number of nitrogens with one attached hydrogen (secondary N) is 2. The number of oxazole rings is 1. The number of hydrogen-bond donors (Lipinski definition) is 2. The maximum atomic E-state index is 13.5. The number of rotatable bonds is 10. The Labute approximate surface area is 241 Å². The van der Waals surface area contributed by atoms with Crippen LogP contribution in [0.1, 0.15) is 50.2 Å². The molecule has 0 saturated carbocycles. The van der Waals surface area contributed by atoms with E-state index in [1.165, 1.54) is 10.8 Å². The highest BCUT2D eigenvalue weighted by Gasteiger charge is 2.37. The summed E-state index contributed by atoms with van der Waals surface area (Å²) in [6.45, 7) is 6.84. The van der Waals surface area contributed by atoms with Gasteiger partial charge in [0.15, 0.2) is 11.4 Å². The van der Waals surface area contributed by atoms with Gasteiger partial charge in [0.1, 0.15) is 17.5 Å². The van der Waals surface area contributed by atoms with E-state index in [2.05, 4.69) is 30.8 Å². The first-order valence-electron chi connectivity index (χ1n) is 13.5. The van der Waals surface area contributed by atoms with Gasteiger partial charge in [-0.15, -0.1) is 10.2 Å². The molecule has 2 aromatic carbocycles. The summed E-state index contributed by atoms with van der Waals surface area (Å²) in [5, 5.41) is 13.6. The minimum atomic E-state index is -0.986. The summed E-state index contributed by atoms with van der Waals surface area (Å²) >= 11 is 0. The fraction of sp³-hybridized carbons (Fsp3) is 0.300. The average Bonchev–Trinajstić information content (AvgIpc) is 3.66. The van der Waals surface area contributed by atoms with E-state index in [0.29, 0.717) is 28.2 Å². The van der Waals surface area contributed by atoms with Crippen molar-refractivity contribution in [1.29, 1.82) is 0 Å². The first kappa shape index (κ1) is 28.4. The number of ketones is 1. The van der Waals surface area contributed by atoms with Crippen molar-refractivity contribution < 1.29 is 18.4 Å². The standard InChI is InChI=1S/C30H31N7O5/c1-17(2)23(34-22(38)16-37-20(18-11-7-6-8-12-18)15-32-25(31-5)27(37)40)24(39)26-35-36-29(42-26)30(3,4)28-33-19-13-9-10-14-21(19)41-28/h6-15,17,23H,16H2,1-5H3,(H,31,32)(H,34,38)/t23-/m0/s1. The molecule has 0 aliphatic rings. The molecule has 3 heterocycles. The molecule has 42 heavy (non-hydrogen) atoms. The zero-order chi connectivity index (χ0) is 30.0. The lowest BCUT2D eigenvalue weighted by molar-refractivity contribution is -0.122. The Kier molecular flexibility index (Phi) is 7.70. The number of aromatic nitrogens is 5. The van der Waals surface area contributed by atoms with Crippen LogP contribution in [0.2, 0.25) is 0 Å². The monoisotopic (exact) mass is 569 g/mol. The van der Waals surface area contributed by atoms with Crippen molar-refractivity contribution in [3.63, 3.8) is 0 Å². The highest BCUT2D eigenvalue weighted by Crippen LogP contribution is 2.32. The smallest absolute Gasteiger partial charge is 0.294 e. The Balaban J connectivity index is 1.38. The van der Waals surface area contributed by atoms with Gasteiger partial charge in [0.25, 0.3) is 11.4 Å². The second-order valence-electron chi connectivity index (χ2n) is 10.7. The molecule has 0 spiro atoms. The highest BCUT2D eigenvalue weighted by molar-refractivity contribution is 5.98. The Bertz CT molecular complexity index is 1770. The van der Waals surface area contributed by atoms with E-state index in [1.54, 1.807) is 34.7 Å². The zero-order valence-corrected chi connectivity index (χ0v) is 23.9. The lowest BCUT2D eigenvalue weighted by Crippen LogP contribution is -2.46. The minimum Gasteiger partial charge on any atom is -0.440 e. The third-order valence-electron chi connectivity index (χ3n) is 6.93. The van der Waals surface area contributed by atoms with Crippen LogP contribution in [-0.4, -0.2) is 49.5 Å². The summed E-state index contributed by atoms with van der Waals surface area (Å²) < 4.78 is 13.0. The van der Waals surface area contributed by atoms with Gasteiger partial charge in [0.2, 0.25) is 23.5 Å². The van der Waals surface area contributed by atoms with E-state index in [-0.39, 0.29) is 30.1 Å². The molecule has 0 unspecified atom stereocenters. The number of para-hydroxylation sites is 2. The fourth-order valence-electron chi connectivity index (χ4n) is 4.49. The molecule has 1 atom stereocenters. The van der Waals surface area contributed by atoms with E-state index in [4.69, 9.17) is 8.83 Å². The molecular formula is C30H31N7O5. The molecular weight excluding hydrogens is 538 g/mol.